The average molecular weight is 237 g/mol. The second-order valence-electron chi connectivity index (χ2n) is 4.60. The predicted molar refractivity (Wildman–Crippen MR) is 63.3 cm³/mol. The van der Waals surface area contributed by atoms with Gasteiger partial charge < -0.3 is 0 Å². The van der Waals surface area contributed by atoms with Crippen LogP contribution >= 0.6 is 11.6 Å². The third-order valence-electron chi connectivity index (χ3n) is 2.14. The molecule has 0 saturated carbocycles. The monoisotopic (exact) mass is 236 g/mol. The van der Waals surface area contributed by atoms with E-state index in [-0.39, 0.29) is 5.41 Å². The number of hydrogen-bond donors (Lipinski definition) is 1. The van der Waals surface area contributed by atoms with E-state index in [1.54, 1.807) is 6.07 Å². The summed E-state index contributed by atoms with van der Waals surface area (Å²) >= 11 is 5.81. The number of hydrogen-bond acceptors (Lipinski definition) is 3. The van der Waals surface area contributed by atoms with Crippen LogP contribution in [0.1, 0.15) is 26.6 Å². The Morgan fingerprint density at radius 2 is 1.94 bits per heavy atom. The summed E-state index contributed by atoms with van der Waals surface area (Å²) in [6.07, 6.45) is 0. The average Bonchev–Trinajstić information content (AvgIpc) is 2.65. The van der Waals surface area contributed by atoms with Crippen LogP contribution < -0.4 is 0 Å². The maximum atomic E-state index is 5.81. The number of H-pyrrole nitrogens is 1. The van der Waals surface area contributed by atoms with E-state index in [2.05, 4.69) is 40.9 Å². The molecule has 84 valence electrons. The van der Waals surface area contributed by atoms with Crippen LogP contribution in [0.15, 0.2) is 18.2 Å². The number of halogens is 1. The van der Waals surface area contributed by atoms with E-state index in [0.717, 1.165) is 5.82 Å². The van der Waals surface area contributed by atoms with Gasteiger partial charge in [-0.3, -0.25) is 5.10 Å². The van der Waals surface area contributed by atoms with Gasteiger partial charge in [-0.1, -0.05) is 38.4 Å². The molecule has 2 heterocycles. The van der Waals surface area contributed by atoms with Gasteiger partial charge in [-0.25, -0.2) is 9.97 Å². The lowest BCUT2D eigenvalue weighted by atomic mass is 9.96. The fourth-order valence-electron chi connectivity index (χ4n) is 1.24. The number of aromatic nitrogens is 4. The van der Waals surface area contributed by atoms with Gasteiger partial charge in [-0.15, -0.1) is 0 Å². The van der Waals surface area contributed by atoms with Crippen LogP contribution in [-0.4, -0.2) is 20.2 Å². The van der Waals surface area contributed by atoms with E-state index in [9.17, 15) is 0 Å². The maximum absolute atomic E-state index is 5.81. The molecule has 0 amide bonds. The van der Waals surface area contributed by atoms with Crippen molar-refractivity contribution in [1.82, 2.24) is 20.2 Å². The molecule has 0 aliphatic carbocycles. The van der Waals surface area contributed by atoms with Gasteiger partial charge in [0.2, 0.25) is 0 Å². The van der Waals surface area contributed by atoms with Crippen LogP contribution in [-0.2, 0) is 5.41 Å². The number of aromatic amines is 1. The normalized spacial score (nSPS) is 11.8. The zero-order valence-electron chi connectivity index (χ0n) is 9.45. The number of nitrogens with one attached hydrogen (secondary N) is 1. The highest BCUT2D eigenvalue weighted by molar-refractivity contribution is 6.29. The molecular weight excluding hydrogens is 224 g/mol. The van der Waals surface area contributed by atoms with Gasteiger partial charge in [0.05, 0.1) is 0 Å². The molecule has 0 radical (unpaired) electrons. The van der Waals surface area contributed by atoms with Gasteiger partial charge in [0.1, 0.15) is 16.7 Å². The van der Waals surface area contributed by atoms with Crippen LogP contribution in [0.5, 0.6) is 0 Å². The van der Waals surface area contributed by atoms with Gasteiger partial charge in [0, 0.05) is 5.41 Å². The van der Waals surface area contributed by atoms with Crippen LogP contribution in [0.3, 0.4) is 0 Å². The molecule has 0 aromatic carbocycles. The summed E-state index contributed by atoms with van der Waals surface area (Å²) in [6, 6.07) is 5.39. The number of rotatable bonds is 1. The van der Waals surface area contributed by atoms with E-state index in [4.69, 9.17) is 11.6 Å². The Kier molecular flexibility index (Phi) is 2.68. The highest BCUT2D eigenvalue weighted by Crippen LogP contribution is 2.21. The van der Waals surface area contributed by atoms with E-state index in [0.29, 0.717) is 16.7 Å². The molecule has 0 atom stereocenters. The van der Waals surface area contributed by atoms with Gasteiger partial charge in [0.25, 0.3) is 0 Å². The maximum Gasteiger partial charge on any atom is 0.199 e. The third kappa shape index (κ3) is 2.22. The van der Waals surface area contributed by atoms with E-state index >= 15 is 0 Å². The molecule has 0 spiro atoms. The zero-order chi connectivity index (χ0) is 11.8. The molecule has 0 saturated heterocycles. The molecule has 2 aromatic rings. The van der Waals surface area contributed by atoms with Crippen LogP contribution in [0.2, 0.25) is 5.15 Å². The molecule has 2 rings (SSSR count). The van der Waals surface area contributed by atoms with E-state index in [1.807, 2.05) is 12.1 Å². The number of pyridine rings is 1. The minimum Gasteiger partial charge on any atom is -0.262 e. The minimum atomic E-state index is -0.0518. The van der Waals surface area contributed by atoms with Crippen LogP contribution in [0, 0.1) is 0 Å². The van der Waals surface area contributed by atoms with Gasteiger partial charge in [-0.05, 0) is 12.1 Å². The predicted octanol–water partition coefficient (Wildman–Crippen LogP) is 2.82. The molecule has 4 nitrogen and oxygen atoms in total. The quantitative estimate of drug-likeness (QED) is 0.775. The third-order valence-corrected chi connectivity index (χ3v) is 2.35. The zero-order valence-corrected chi connectivity index (χ0v) is 10.2. The van der Waals surface area contributed by atoms with Crippen LogP contribution in [0.25, 0.3) is 11.5 Å². The molecule has 0 fully saturated rings. The molecular formula is C11H13ClN4. The molecule has 5 heteroatoms. The second-order valence-corrected chi connectivity index (χ2v) is 4.99. The van der Waals surface area contributed by atoms with Crippen molar-refractivity contribution in [1.29, 1.82) is 0 Å². The smallest absolute Gasteiger partial charge is 0.199 e. The molecule has 0 bridgehead atoms. The van der Waals surface area contributed by atoms with Crippen molar-refractivity contribution in [2.45, 2.75) is 26.2 Å². The summed E-state index contributed by atoms with van der Waals surface area (Å²) in [4.78, 5) is 8.56. The van der Waals surface area contributed by atoms with Gasteiger partial charge >= 0.3 is 0 Å². The summed E-state index contributed by atoms with van der Waals surface area (Å²) in [5.74, 6) is 1.41. The second kappa shape index (κ2) is 3.87. The van der Waals surface area contributed by atoms with Crippen molar-refractivity contribution >= 4 is 11.6 Å². The molecule has 1 N–H and O–H groups in total. The van der Waals surface area contributed by atoms with Crippen molar-refractivity contribution in [3.8, 4) is 11.5 Å². The lowest BCUT2D eigenvalue weighted by Crippen LogP contribution is -2.13. The SMILES string of the molecule is CC(C)(C)c1nc(-c2cccc(Cl)n2)n[nH]1. The molecule has 2 aromatic heterocycles. The fourth-order valence-corrected chi connectivity index (χ4v) is 1.41. The van der Waals surface area contributed by atoms with Crippen molar-refractivity contribution in [2.24, 2.45) is 0 Å². The van der Waals surface area contributed by atoms with Crippen molar-refractivity contribution in [3.05, 3.63) is 29.2 Å². The number of nitrogens with zero attached hydrogens (tertiary/aromatic N) is 3. The molecule has 16 heavy (non-hydrogen) atoms. The first kappa shape index (κ1) is 11.1. The highest BCUT2D eigenvalue weighted by atomic mass is 35.5. The summed E-state index contributed by atoms with van der Waals surface area (Å²) < 4.78 is 0. The van der Waals surface area contributed by atoms with Gasteiger partial charge in [-0.2, -0.15) is 5.10 Å². The lowest BCUT2D eigenvalue weighted by Gasteiger charge is -2.12. The standard InChI is InChI=1S/C11H13ClN4/c1-11(2,3)10-14-9(15-16-10)7-5-4-6-8(12)13-7/h4-6H,1-3H3,(H,14,15,16). The lowest BCUT2D eigenvalue weighted by molar-refractivity contribution is 0.548. The molecule has 0 aliphatic rings. The largest absolute Gasteiger partial charge is 0.262 e. The fraction of sp³-hybridized carbons (Fsp3) is 0.364. The Bertz CT molecular complexity index is 499. The van der Waals surface area contributed by atoms with E-state index < -0.39 is 0 Å². The minimum absolute atomic E-state index is 0.0518. The van der Waals surface area contributed by atoms with E-state index in [1.165, 1.54) is 0 Å². The molecule has 0 aliphatic heterocycles. The topological polar surface area (TPSA) is 54.5 Å². The summed E-state index contributed by atoms with van der Waals surface area (Å²) in [5, 5.41) is 7.50. The van der Waals surface area contributed by atoms with Crippen molar-refractivity contribution < 1.29 is 0 Å². The summed E-state index contributed by atoms with van der Waals surface area (Å²) in [5.41, 5.74) is 0.628. The first-order valence-corrected chi connectivity index (χ1v) is 5.40. The first-order valence-electron chi connectivity index (χ1n) is 5.02. The first-order chi connectivity index (χ1) is 7.47. The van der Waals surface area contributed by atoms with Gasteiger partial charge in [0.15, 0.2) is 5.82 Å². The van der Waals surface area contributed by atoms with Crippen molar-refractivity contribution in [3.63, 3.8) is 0 Å². The Balaban J connectivity index is 2.39. The Morgan fingerprint density at radius 1 is 1.19 bits per heavy atom. The highest BCUT2D eigenvalue weighted by Gasteiger charge is 2.19. The Labute approximate surface area is 99.1 Å². The van der Waals surface area contributed by atoms with Crippen LogP contribution in [0.4, 0.5) is 0 Å². The summed E-state index contributed by atoms with van der Waals surface area (Å²) in [7, 11) is 0. The summed E-state index contributed by atoms with van der Waals surface area (Å²) in [6.45, 7) is 6.22. The Morgan fingerprint density at radius 3 is 2.50 bits per heavy atom. The van der Waals surface area contributed by atoms with Crippen molar-refractivity contribution in [2.75, 3.05) is 0 Å². The molecule has 0 unspecified atom stereocenters. The Hall–Kier alpha value is -1.42.